The molecule has 104 valence electrons. The third-order valence-corrected chi connectivity index (χ3v) is 2.98. The lowest BCUT2D eigenvalue weighted by atomic mass is 9.87. The number of halogens is 1. The summed E-state index contributed by atoms with van der Waals surface area (Å²) in [6.07, 6.45) is 1.56. The normalized spacial score (nSPS) is 11.4. The molecule has 0 fully saturated rings. The zero-order chi connectivity index (χ0) is 14.9. The molecule has 0 bridgehead atoms. The Morgan fingerprint density at radius 3 is 2.25 bits per heavy atom. The number of hydrogen-bond acceptors (Lipinski definition) is 2. The van der Waals surface area contributed by atoms with Crippen molar-refractivity contribution in [1.82, 2.24) is 4.57 Å². The van der Waals surface area contributed by atoms with Gasteiger partial charge in [0.15, 0.2) is 5.78 Å². The summed E-state index contributed by atoms with van der Waals surface area (Å²) < 4.78 is 14.3. The molecule has 0 amide bonds. The third-order valence-electron chi connectivity index (χ3n) is 2.98. The number of nitrogens with zero attached hydrogens (tertiary/aromatic N) is 1. The Balaban J connectivity index is 2.56. The molecule has 20 heavy (non-hydrogen) atoms. The lowest BCUT2D eigenvalue weighted by Crippen LogP contribution is -2.30. The number of carbonyl (C=O) groups is 1. The first kappa shape index (κ1) is 14.2. The molecule has 0 aliphatic carbocycles. The summed E-state index contributed by atoms with van der Waals surface area (Å²) in [4.78, 5) is 24.6. The summed E-state index contributed by atoms with van der Waals surface area (Å²) >= 11 is 0. The number of hydrogen-bond donors (Lipinski definition) is 0. The number of carbonyl (C=O) groups excluding carboxylic acids is 1. The number of rotatable bonds is 2. The highest BCUT2D eigenvalue weighted by atomic mass is 19.1. The molecule has 1 heterocycles. The van der Waals surface area contributed by atoms with Crippen molar-refractivity contribution in [2.24, 2.45) is 5.41 Å². The third kappa shape index (κ3) is 2.69. The van der Waals surface area contributed by atoms with E-state index in [4.69, 9.17) is 0 Å². The molecule has 0 unspecified atom stereocenters. The first-order valence-electron chi connectivity index (χ1n) is 6.33. The van der Waals surface area contributed by atoms with E-state index in [0.29, 0.717) is 5.69 Å². The van der Waals surface area contributed by atoms with Gasteiger partial charge in [0, 0.05) is 17.3 Å². The van der Waals surface area contributed by atoms with E-state index >= 15 is 0 Å². The number of aromatic nitrogens is 1. The highest BCUT2D eigenvalue weighted by molar-refractivity contribution is 5.99. The van der Waals surface area contributed by atoms with Gasteiger partial charge in [-0.3, -0.25) is 14.2 Å². The Hall–Kier alpha value is -2.23. The van der Waals surface area contributed by atoms with Crippen molar-refractivity contribution in [2.45, 2.75) is 20.8 Å². The van der Waals surface area contributed by atoms with Gasteiger partial charge in [-0.15, -0.1) is 0 Å². The largest absolute Gasteiger partial charge is 0.293 e. The van der Waals surface area contributed by atoms with E-state index in [1.807, 2.05) is 0 Å². The molecule has 1 aromatic heterocycles. The zero-order valence-corrected chi connectivity index (χ0v) is 11.7. The Morgan fingerprint density at radius 1 is 1.10 bits per heavy atom. The van der Waals surface area contributed by atoms with Crippen molar-refractivity contribution in [3.05, 3.63) is 64.3 Å². The fourth-order valence-electron chi connectivity index (χ4n) is 1.88. The van der Waals surface area contributed by atoms with E-state index in [1.165, 1.54) is 34.9 Å². The van der Waals surface area contributed by atoms with Gasteiger partial charge < -0.3 is 0 Å². The second-order valence-electron chi connectivity index (χ2n) is 5.65. The number of benzene rings is 1. The Kier molecular flexibility index (Phi) is 3.57. The van der Waals surface area contributed by atoms with Crippen LogP contribution in [0.3, 0.4) is 0 Å². The minimum absolute atomic E-state index is 0.143. The van der Waals surface area contributed by atoms with Crippen LogP contribution in [0.5, 0.6) is 0 Å². The zero-order valence-electron chi connectivity index (χ0n) is 11.7. The molecule has 3 nitrogen and oxygen atoms in total. The van der Waals surface area contributed by atoms with Crippen molar-refractivity contribution >= 4 is 5.78 Å². The van der Waals surface area contributed by atoms with Crippen LogP contribution < -0.4 is 5.56 Å². The van der Waals surface area contributed by atoms with Crippen LogP contribution in [0, 0.1) is 11.2 Å². The number of ketones is 1. The van der Waals surface area contributed by atoms with Crippen molar-refractivity contribution < 1.29 is 9.18 Å². The summed E-state index contributed by atoms with van der Waals surface area (Å²) in [6, 6.07) is 8.73. The fourth-order valence-corrected chi connectivity index (χ4v) is 1.88. The van der Waals surface area contributed by atoms with E-state index in [9.17, 15) is 14.0 Å². The molecular formula is C16H16FNO2. The maximum atomic E-state index is 12.9. The van der Waals surface area contributed by atoms with E-state index in [-0.39, 0.29) is 22.7 Å². The van der Waals surface area contributed by atoms with E-state index in [0.717, 1.165) is 0 Å². The summed E-state index contributed by atoms with van der Waals surface area (Å²) in [7, 11) is 0. The SMILES string of the molecule is CC(C)(C)C(=O)c1cccn(-c2ccc(F)cc2)c1=O. The molecular weight excluding hydrogens is 257 g/mol. The van der Waals surface area contributed by atoms with Gasteiger partial charge in [-0.25, -0.2) is 4.39 Å². The Labute approximate surface area is 116 Å². The average molecular weight is 273 g/mol. The van der Waals surface area contributed by atoms with Gasteiger partial charge in [0.25, 0.3) is 5.56 Å². The molecule has 0 saturated heterocycles. The molecule has 2 aromatic rings. The second-order valence-corrected chi connectivity index (χ2v) is 5.65. The van der Waals surface area contributed by atoms with Crippen LogP contribution in [0.2, 0.25) is 0 Å². The molecule has 0 N–H and O–H groups in total. The maximum absolute atomic E-state index is 12.9. The summed E-state index contributed by atoms with van der Waals surface area (Å²) in [5.74, 6) is -0.581. The van der Waals surface area contributed by atoms with Crippen LogP contribution in [-0.4, -0.2) is 10.4 Å². The van der Waals surface area contributed by atoms with Crippen LogP contribution >= 0.6 is 0 Å². The molecule has 4 heteroatoms. The van der Waals surface area contributed by atoms with Gasteiger partial charge in [-0.05, 0) is 36.4 Å². The monoisotopic (exact) mass is 273 g/mol. The van der Waals surface area contributed by atoms with E-state index < -0.39 is 5.41 Å². The van der Waals surface area contributed by atoms with Gasteiger partial charge in [-0.1, -0.05) is 20.8 Å². The first-order valence-corrected chi connectivity index (χ1v) is 6.33. The standard InChI is InChI=1S/C16H16FNO2/c1-16(2,3)14(19)13-5-4-10-18(15(13)20)12-8-6-11(17)7-9-12/h4-10H,1-3H3. The van der Waals surface area contributed by atoms with Crippen molar-refractivity contribution in [1.29, 1.82) is 0 Å². The van der Waals surface area contributed by atoms with Gasteiger partial charge >= 0.3 is 0 Å². The van der Waals surface area contributed by atoms with Gasteiger partial charge in [0.05, 0.1) is 5.56 Å². The van der Waals surface area contributed by atoms with Gasteiger partial charge in [-0.2, -0.15) is 0 Å². The summed E-state index contributed by atoms with van der Waals surface area (Å²) in [5, 5.41) is 0. The lowest BCUT2D eigenvalue weighted by Gasteiger charge is -2.16. The highest BCUT2D eigenvalue weighted by Crippen LogP contribution is 2.19. The molecule has 2 rings (SSSR count). The Bertz CT molecular complexity index is 694. The predicted molar refractivity (Wildman–Crippen MR) is 75.8 cm³/mol. The molecule has 0 aliphatic heterocycles. The minimum Gasteiger partial charge on any atom is -0.293 e. The minimum atomic E-state index is -0.624. The van der Waals surface area contributed by atoms with Crippen LogP contribution in [0.25, 0.3) is 5.69 Å². The van der Waals surface area contributed by atoms with E-state index in [2.05, 4.69) is 0 Å². The number of pyridine rings is 1. The smallest absolute Gasteiger partial charge is 0.265 e. The van der Waals surface area contributed by atoms with Crippen LogP contribution in [0.1, 0.15) is 31.1 Å². The second kappa shape index (κ2) is 5.04. The first-order chi connectivity index (χ1) is 9.30. The molecule has 0 aliphatic rings. The van der Waals surface area contributed by atoms with E-state index in [1.54, 1.807) is 33.0 Å². The summed E-state index contributed by atoms with van der Waals surface area (Å²) in [6.45, 7) is 5.30. The molecule has 0 saturated carbocycles. The van der Waals surface area contributed by atoms with Crippen molar-refractivity contribution in [3.63, 3.8) is 0 Å². The quantitative estimate of drug-likeness (QED) is 0.788. The van der Waals surface area contributed by atoms with Crippen molar-refractivity contribution in [3.8, 4) is 5.69 Å². The number of Topliss-reactive ketones (excluding diaryl/α,β-unsaturated/α-hetero) is 1. The highest BCUT2D eigenvalue weighted by Gasteiger charge is 2.25. The van der Waals surface area contributed by atoms with Crippen molar-refractivity contribution in [2.75, 3.05) is 0 Å². The molecule has 0 atom stereocenters. The molecule has 0 spiro atoms. The molecule has 1 aromatic carbocycles. The van der Waals surface area contributed by atoms with Gasteiger partial charge in [0.2, 0.25) is 0 Å². The van der Waals surface area contributed by atoms with Gasteiger partial charge in [0.1, 0.15) is 5.82 Å². The molecule has 0 radical (unpaired) electrons. The van der Waals surface area contributed by atoms with Crippen LogP contribution in [0.15, 0.2) is 47.4 Å². The van der Waals surface area contributed by atoms with Crippen LogP contribution in [0.4, 0.5) is 4.39 Å². The summed E-state index contributed by atoms with van der Waals surface area (Å²) in [5.41, 5.74) is -0.343. The van der Waals surface area contributed by atoms with Crippen LogP contribution in [-0.2, 0) is 0 Å². The topological polar surface area (TPSA) is 39.1 Å². The maximum Gasteiger partial charge on any atom is 0.265 e. The Morgan fingerprint density at radius 2 is 1.70 bits per heavy atom. The average Bonchev–Trinajstić information content (AvgIpc) is 2.38. The fraction of sp³-hybridized carbons (Fsp3) is 0.250. The predicted octanol–water partition coefficient (Wildman–Crippen LogP) is 3.21. The lowest BCUT2D eigenvalue weighted by molar-refractivity contribution is 0.0856.